The molecule has 0 amide bonds. The molecule has 1 aromatic carbocycles. The van der Waals surface area contributed by atoms with Crippen molar-refractivity contribution in [2.45, 2.75) is 19.1 Å². The number of para-hydroxylation sites is 2. The second-order valence-electron chi connectivity index (χ2n) is 6.76. The SMILES string of the molecule is CN=C(NCC(C)Oc1ccccc1OC)N1CCOC(c2cnn(C)c2)C1.I. The number of rotatable bonds is 6. The van der Waals surface area contributed by atoms with Crippen LogP contribution in [0.3, 0.4) is 0 Å². The molecule has 0 spiro atoms. The Balaban J connectivity index is 0.00000300. The van der Waals surface area contributed by atoms with Crippen LogP contribution in [0.25, 0.3) is 0 Å². The molecule has 29 heavy (non-hydrogen) atoms. The third kappa shape index (κ3) is 6.23. The molecule has 1 fully saturated rings. The normalized spacial score (nSPS) is 18.0. The Bertz CT molecular complexity index is 798. The predicted octanol–water partition coefficient (Wildman–Crippen LogP) is 2.46. The van der Waals surface area contributed by atoms with Crippen molar-refractivity contribution in [3.05, 3.63) is 42.2 Å². The number of aromatic nitrogens is 2. The fourth-order valence-corrected chi connectivity index (χ4v) is 3.19. The van der Waals surface area contributed by atoms with Crippen LogP contribution >= 0.6 is 24.0 Å². The van der Waals surface area contributed by atoms with E-state index in [4.69, 9.17) is 14.2 Å². The highest BCUT2D eigenvalue weighted by molar-refractivity contribution is 14.0. The Kier molecular flexibility index (Phi) is 9.02. The molecule has 1 aliphatic heterocycles. The van der Waals surface area contributed by atoms with Gasteiger partial charge in [0.2, 0.25) is 0 Å². The van der Waals surface area contributed by atoms with Gasteiger partial charge in [-0.15, -0.1) is 24.0 Å². The fraction of sp³-hybridized carbons (Fsp3) is 0.500. The summed E-state index contributed by atoms with van der Waals surface area (Å²) in [6.07, 6.45) is 3.78. The number of guanidine groups is 1. The molecule has 2 heterocycles. The number of aryl methyl sites for hydroxylation is 1. The van der Waals surface area contributed by atoms with Crippen molar-refractivity contribution in [3.8, 4) is 11.5 Å². The molecule has 0 saturated carbocycles. The molecular weight excluding hydrogens is 485 g/mol. The number of hydrogen-bond acceptors (Lipinski definition) is 5. The molecule has 0 radical (unpaired) electrons. The molecule has 160 valence electrons. The smallest absolute Gasteiger partial charge is 0.193 e. The molecule has 0 aliphatic carbocycles. The molecular formula is C20H30IN5O3. The summed E-state index contributed by atoms with van der Waals surface area (Å²) in [6, 6.07) is 7.65. The first-order valence-electron chi connectivity index (χ1n) is 9.46. The van der Waals surface area contributed by atoms with Gasteiger partial charge in [-0.1, -0.05) is 12.1 Å². The van der Waals surface area contributed by atoms with Crippen molar-refractivity contribution >= 4 is 29.9 Å². The van der Waals surface area contributed by atoms with Crippen LogP contribution in [-0.2, 0) is 11.8 Å². The number of nitrogens with one attached hydrogen (secondary N) is 1. The number of nitrogens with zero attached hydrogens (tertiary/aromatic N) is 4. The van der Waals surface area contributed by atoms with Crippen LogP contribution in [-0.4, -0.2) is 67.1 Å². The molecule has 9 heteroatoms. The van der Waals surface area contributed by atoms with Gasteiger partial charge in [-0.05, 0) is 19.1 Å². The van der Waals surface area contributed by atoms with E-state index in [1.807, 2.05) is 50.6 Å². The van der Waals surface area contributed by atoms with Crippen LogP contribution in [0.1, 0.15) is 18.6 Å². The van der Waals surface area contributed by atoms with Crippen molar-refractivity contribution in [3.63, 3.8) is 0 Å². The minimum absolute atomic E-state index is 0. The van der Waals surface area contributed by atoms with Crippen LogP contribution in [0.5, 0.6) is 11.5 Å². The summed E-state index contributed by atoms with van der Waals surface area (Å²) in [6.45, 7) is 4.81. The summed E-state index contributed by atoms with van der Waals surface area (Å²) in [5, 5.41) is 7.65. The van der Waals surface area contributed by atoms with E-state index in [1.165, 1.54) is 0 Å². The quantitative estimate of drug-likeness (QED) is 0.362. The van der Waals surface area contributed by atoms with E-state index in [1.54, 1.807) is 18.8 Å². The zero-order chi connectivity index (χ0) is 19.9. The molecule has 1 aromatic heterocycles. The standard InChI is InChI=1S/C20H29N5O3.HI/c1-15(28-18-8-6-5-7-17(18)26-4)11-22-20(21-2)25-9-10-27-19(14-25)16-12-23-24(3)13-16;/h5-8,12-13,15,19H,9-11,14H2,1-4H3,(H,21,22);1H. The van der Waals surface area contributed by atoms with E-state index in [0.29, 0.717) is 13.2 Å². The Labute approximate surface area is 189 Å². The molecule has 2 unspecified atom stereocenters. The third-order valence-electron chi connectivity index (χ3n) is 4.62. The lowest BCUT2D eigenvalue weighted by atomic mass is 10.1. The molecule has 1 saturated heterocycles. The van der Waals surface area contributed by atoms with Crippen LogP contribution in [0.2, 0.25) is 0 Å². The summed E-state index contributed by atoms with van der Waals surface area (Å²) < 4.78 is 19.1. The number of hydrogen-bond donors (Lipinski definition) is 1. The summed E-state index contributed by atoms with van der Waals surface area (Å²) in [7, 11) is 5.35. The molecule has 1 aliphatic rings. The van der Waals surface area contributed by atoms with Gasteiger partial charge in [0.05, 0.1) is 33.0 Å². The number of morpholine rings is 1. The highest BCUT2D eigenvalue weighted by Crippen LogP contribution is 2.26. The van der Waals surface area contributed by atoms with Crippen LogP contribution < -0.4 is 14.8 Å². The number of halogens is 1. The van der Waals surface area contributed by atoms with E-state index in [9.17, 15) is 0 Å². The fourth-order valence-electron chi connectivity index (χ4n) is 3.19. The van der Waals surface area contributed by atoms with Crippen molar-refractivity contribution in [2.75, 3.05) is 40.4 Å². The zero-order valence-corrected chi connectivity index (χ0v) is 19.7. The lowest BCUT2D eigenvalue weighted by molar-refractivity contribution is -0.00814. The van der Waals surface area contributed by atoms with Gasteiger partial charge < -0.3 is 24.4 Å². The van der Waals surface area contributed by atoms with Gasteiger partial charge in [0.25, 0.3) is 0 Å². The van der Waals surface area contributed by atoms with Gasteiger partial charge in [0.1, 0.15) is 12.2 Å². The van der Waals surface area contributed by atoms with E-state index in [-0.39, 0.29) is 36.2 Å². The molecule has 8 nitrogen and oxygen atoms in total. The highest BCUT2D eigenvalue weighted by atomic mass is 127. The molecule has 0 bridgehead atoms. The van der Waals surface area contributed by atoms with E-state index >= 15 is 0 Å². The number of aliphatic imine (C=N–C) groups is 1. The topological polar surface area (TPSA) is 73.1 Å². The molecule has 3 rings (SSSR count). The van der Waals surface area contributed by atoms with E-state index in [2.05, 4.69) is 20.3 Å². The van der Waals surface area contributed by atoms with Gasteiger partial charge in [-0.2, -0.15) is 5.10 Å². The lowest BCUT2D eigenvalue weighted by Gasteiger charge is -2.35. The molecule has 2 aromatic rings. The number of ether oxygens (including phenoxy) is 3. The summed E-state index contributed by atoms with van der Waals surface area (Å²) in [5.74, 6) is 2.30. The van der Waals surface area contributed by atoms with Crippen molar-refractivity contribution in [1.29, 1.82) is 0 Å². The average Bonchev–Trinajstić information content (AvgIpc) is 3.15. The summed E-state index contributed by atoms with van der Waals surface area (Å²) in [5.41, 5.74) is 1.08. The Morgan fingerprint density at radius 1 is 1.38 bits per heavy atom. The van der Waals surface area contributed by atoms with Gasteiger partial charge in [0, 0.05) is 32.4 Å². The largest absolute Gasteiger partial charge is 0.493 e. The summed E-state index contributed by atoms with van der Waals surface area (Å²) in [4.78, 5) is 6.64. The van der Waals surface area contributed by atoms with Crippen molar-refractivity contribution in [2.24, 2.45) is 12.0 Å². The van der Waals surface area contributed by atoms with Gasteiger partial charge in [-0.25, -0.2) is 0 Å². The second kappa shape index (κ2) is 11.2. The first-order chi connectivity index (χ1) is 13.6. The number of methoxy groups -OCH3 is 1. The summed E-state index contributed by atoms with van der Waals surface area (Å²) >= 11 is 0. The minimum Gasteiger partial charge on any atom is -0.493 e. The minimum atomic E-state index is -0.0526. The Morgan fingerprint density at radius 2 is 2.14 bits per heavy atom. The van der Waals surface area contributed by atoms with E-state index in [0.717, 1.165) is 36.1 Å². The van der Waals surface area contributed by atoms with Gasteiger partial charge >= 0.3 is 0 Å². The maximum absolute atomic E-state index is 6.02. The molecule has 2 atom stereocenters. The first kappa shape index (κ1) is 23.3. The maximum Gasteiger partial charge on any atom is 0.193 e. The molecule has 1 N–H and O–H groups in total. The van der Waals surface area contributed by atoms with Crippen LogP contribution in [0, 0.1) is 0 Å². The first-order valence-corrected chi connectivity index (χ1v) is 9.46. The van der Waals surface area contributed by atoms with E-state index < -0.39 is 0 Å². The Morgan fingerprint density at radius 3 is 2.79 bits per heavy atom. The highest BCUT2D eigenvalue weighted by Gasteiger charge is 2.25. The second-order valence-corrected chi connectivity index (χ2v) is 6.76. The third-order valence-corrected chi connectivity index (χ3v) is 4.62. The zero-order valence-electron chi connectivity index (χ0n) is 17.4. The number of benzene rings is 1. The maximum atomic E-state index is 6.02. The Hall–Kier alpha value is -2.01. The lowest BCUT2D eigenvalue weighted by Crippen LogP contribution is -2.49. The van der Waals surface area contributed by atoms with Crippen LogP contribution in [0.4, 0.5) is 0 Å². The average molecular weight is 515 g/mol. The van der Waals surface area contributed by atoms with Gasteiger partial charge in [-0.3, -0.25) is 9.67 Å². The van der Waals surface area contributed by atoms with Crippen molar-refractivity contribution in [1.82, 2.24) is 20.0 Å². The van der Waals surface area contributed by atoms with Gasteiger partial charge in [0.15, 0.2) is 17.5 Å². The monoisotopic (exact) mass is 515 g/mol. The van der Waals surface area contributed by atoms with Crippen molar-refractivity contribution < 1.29 is 14.2 Å². The van der Waals surface area contributed by atoms with Crippen LogP contribution in [0.15, 0.2) is 41.7 Å². The predicted molar refractivity (Wildman–Crippen MR) is 123 cm³/mol.